The lowest BCUT2D eigenvalue weighted by molar-refractivity contribution is -0.122. The minimum Gasteiger partial charge on any atom is -0.497 e. The number of anilines is 1. The van der Waals surface area contributed by atoms with Gasteiger partial charge in [-0.2, -0.15) is 0 Å². The fraction of sp³-hybridized carbons (Fsp3) is 0.190. The summed E-state index contributed by atoms with van der Waals surface area (Å²) in [6, 6.07) is 12.0. The molecule has 0 saturated carbocycles. The number of methoxy groups -OCH3 is 2. The molecule has 0 spiro atoms. The van der Waals surface area contributed by atoms with Gasteiger partial charge in [-0.3, -0.25) is 19.8 Å². The van der Waals surface area contributed by atoms with Crippen molar-refractivity contribution < 1.29 is 23.8 Å². The third-order valence-electron chi connectivity index (χ3n) is 4.23. The number of hydrogen-bond donors (Lipinski definition) is 1. The molecule has 0 bridgehead atoms. The quantitative estimate of drug-likeness (QED) is 0.447. The van der Waals surface area contributed by atoms with Gasteiger partial charge in [-0.25, -0.2) is 0 Å². The Kier molecular flexibility index (Phi) is 6.13. The van der Waals surface area contributed by atoms with Gasteiger partial charge in [0.15, 0.2) is 5.11 Å². The zero-order valence-electron chi connectivity index (χ0n) is 16.2. The van der Waals surface area contributed by atoms with Gasteiger partial charge in [0.05, 0.1) is 26.5 Å². The number of carbonyl (C=O) groups excluding carboxylic acids is 2. The Morgan fingerprint density at radius 2 is 1.86 bits per heavy atom. The SMILES string of the molecule is CCOc1cccc(N2C(=O)/C(=C\c3ccc(OC)cc3OC)C(=O)NC2=S)c1. The van der Waals surface area contributed by atoms with Gasteiger partial charge in [0.2, 0.25) is 0 Å². The van der Waals surface area contributed by atoms with E-state index < -0.39 is 11.8 Å². The lowest BCUT2D eigenvalue weighted by atomic mass is 10.1. The Morgan fingerprint density at radius 1 is 1.07 bits per heavy atom. The highest BCUT2D eigenvalue weighted by Crippen LogP contribution is 2.29. The van der Waals surface area contributed by atoms with E-state index in [1.54, 1.807) is 49.6 Å². The molecule has 1 heterocycles. The average molecular weight is 412 g/mol. The second-order valence-electron chi connectivity index (χ2n) is 6.00. The molecule has 2 aromatic carbocycles. The van der Waals surface area contributed by atoms with Crippen LogP contribution in [0.1, 0.15) is 12.5 Å². The van der Waals surface area contributed by atoms with Gasteiger partial charge in [-0.15, -0.1) is 0 Å². The molecular weight excluding hydrogens is 392 g/mol. The second kappa shape index (κ2) is 8.74. The fourth-order valence-corrected chi connectivity index (χ4v) is 3.15. The first-order valence-electron chi connectivity index (χ1n) is 8.84. The Morgan fingerprint density at radius 3 is 2.55 bits per heavy atom. The standard InChI is InChI=1S/C21H20N2O5S/c1-4-28-16-7-5-6-14(11-16)23-20(25)17(19(24)22-21(23)29)10-13-8-9-15(26-2)12-18(13)27-3/h5-12H,4H2,1-3H3,(H,22,24,29)/b17-10-. The summed E-state index contributed by atoms with van der Waals surface area (Å²) in [6.45, 7) is 2.35. The first-order valence-corrected chi connectivity index (χ1v) is 9.25. The van der Waals surface area contributed by atoms with Crippen LogP contribution in [0.5, 0.6) is 17.2 Å². The maximum atomic E-state index is 13.1. The summed E-state index contributed by atoms with van der Waals surface area (Å²) in [5, 5.41) is 2.57. The molecule has 0 radical (unpaired) electrons. The van der Waals surface area contributed by atoms with E-state index >= 15 is 0 Å². The summed E-state index contributed by atoms with van der Waals surface area (Å²) in [7, 11) is 3.04. The van der Waals surface area contributed by atoms with Gasteiger partial charge in [0.25, 0.3) is 11.8 Å². The van der Waals surface area contributed by atoms with Crippen LogP contribution >= 0.6 is 12.2 Å². The van der Waals surface area contributed by atoms with Gasteiger partial charge >= 0.3 is 0 Å². The Labute approximate surface area is 173 Å². The molecule has 1 fully saturated rings. The maximum Gasteiger partial charge on any atom is 0.270 e. The average Bonchev–Trinajstić information content (AvgIpc) is 2.71. The number of benzene rings is 2. The van der Waals surface area contributed by atoms with E-state index in [1.807, 2.05) is 6.92 Å². The van der Waals surface area contributed by atoms with Crippen LogP contribution in [0.4, 0.5) is 5.69 Å². The van der Waals surface area contributed by atoms with Crippen LogP contribution in [0, 0.1) is 0 Å². The van der Waals surface area contributed by atoms with Crippen LogP contribution < -0.4 is 24.4 Å². The second-order valence-corrected chi connectivity index (χ2v) is 6.38. The predicted octanol–water partition coefficient (Wildman–Crippen LogP) is 2.93. The predicted molar refractivity (Wildman–Crippen MR) is 113 cm³/mol. The maximum absolute atomic E-state index is 13.1. The molecule has 1 saturated heterocycles. The van der Waals surface area contributed by atoms with Crippen molar-refractivity contribution in [2.24, 2.45) is 0 Å². The van der Waals surface area contributed by atoms with Gasteiger partial charge in [0, 0.05) is 17.7 Å². The molecule has 2 amide bonds. The van der Waals surface area contributed by atoms with E-state index in [2.05, 4.69) is 5.32 Å². The van der Waals surface area contributed by atoms with Crippen LogP contribution in [0.15, 0.2) is 48.0 Å². The Balaban J connectivity index is 2.01. The van der Waals surface area contributed by atoms with Crippen LogP contribution in [0.25, 0.3) is 6.08 Å². The van der Waals surface area contributed by atoms with E-state index in [0.29, 0.717) is 35.1 Å². The minimum absolute atomic E-state index is 0.00694. The van der Waals surface area contributed by atoms with Crippen molar-refractivity contribution in [2.45, 2.75) is 6.92 Å². The van der Waals surface area contributed by atoms with Crippen LogP contribution in [-0.2, 0) is 9.59 Å². The zero-order chi connectivity index (χ0) is 21.0. The number of rotatable bonds is 6. The summed E-state index contributed by atoms with van der Waals surface area (Å²) in [4.78, 5) is 26.9. The first-order chi connectivity index (χ1) is 14.0. The van der Waals surface area contributed by atoms with Crippen molar-refractivity contribution >= 4 is 40.9 Å². The van der Waals surface area contributed by atoms with E-state index in [4.69, 9.17) is 26.4 Å². The molecule has 0 aromatic heterocycles. The number of nitrogens with zero attached hydrogens (tertiary/aromatic N) is 1. The molecule has 0 atom stereocenters. The number of thiocarbonyl (C=S) groups is 1. The highest BCUT2D eigenvalue weighted by molar-refractivity contribution is 7.80. The topological polar surface area (TPSA) is 77.1 Å². The number of amides is 2. The third-order valence-corrected chi connectivity index (χ3v) is 4.51. The molecular formula is C21H20N2O5S. The lowest BCUT2D eigenvalue weighted by Gasteiger charge is -2.29. The fourth-order valence-electron chi connectivity index (χ4n) is 2.86. The van der Waals surface area contributed by atoms with Crippen molar-refractivity contribution in [3.05, 3.63) is 53.6 Å². The van der Waals surface area contributed by atoms with E-state index in [-0.39, 0.29) is 10.7 Å². The molecule has 7 nitrogen and oxygen atoms in total. The molecule has 2 aromatic rings. The van der Waals surface area contributed by atoms with Crippen molar-refractivity contribution in [2.75, 3.05) is 25.7 Å². The molecule has 1 aliphatic rings. The number of ether oxygens (including phenoxy) is 3. The summed E-state index contributed by atoms with van der Waals surface area (Å²) < 4.78 is 16.0. The number of hydrogen-bond acceptors (Lipinski definition) is 6. The Bertz CT molecular complexity index is 1000. The zero-order valence-corrected chi connectivity index (χ0v) is 17.0. The van der Waals surface area contributed by atoms with Crippen LogP contribution in [-0.4, -0.2) is 37.8 Å². The molecule has 3 rings (SSSR count). The minimum atomic E-state index is -0.574. The summed E-state index contributed by atoms with van der Waals surface area (Å²) in [5.41, 5.74) is 0.991. The molecule has 0 aliphatic carbocycles. The van der Waals surface area contributed by atoms with Gasteiger partial charge < -0.3 is 14.2 Å². The molecule has 1 aliphatic heterocycles. The van der Waals surface area contributed by atoms with E-state index in [9.17, 15) is 9.59 Å². The molecule has 0 unspecified atom stereocenters. The van der Waals surface area contributed by atoms with Crippen LogP contribution in [0.3, 0.4) is 0 Å². The number of nitrogens with one attached hydrogen (secondary N) is 1. The van der Waals surface area contributed by atoms with Gasteiger partial charge in [0.1, 0.15) is 22.8 Å². The summed E-state index contributed by atoms with van der Waals surface area (Å²) in [6.07, 6.45) is 1.47. The first kappa shape index (κ1) is 20.3. The van der Waals surface area contributed by atoms with E-state index in [1.165, 1.54) is 18.1 Å². The van der Waals surface area contributed by atoms with Crippen molar-refractivity contribution in [1.82, 2.24) is 5.32 Å². The van der Waals surface area contributed by atoms with Crippen molar-refractivity contribution in [1.29, 1.82) is 0 Å². The van der Waals surface area contributed by atoms with E-state index in [0.717, 1.165) is 0 Å². The summed E-state index contributed by atoms with van der Waals surface area (Å²) in [5.74, 6) is 0.551. The lowest BCUT2D eigenvalue weighted by Crippen LogP contribution is -2.54. The molecule has 150 valence electrons. The number of carbonyl (C=O) groups is 2. The smallest absolute Gasteiger partial charge is 0.270 e. The van der Waals surface area contributed by atoms with Crippen molar-refractivity contribution in [3.63, 3.8) is 0 Å². The van der Waals surface area contributed by atoms with Gasteiger partial charge in [-0.05, 0) is 49.5 Å². The van der Waals surface area contributed by atoms with Gasteiger partial charge in [-0.1, -0.05) is 6.07 Å². The molecule has 8 heteroatoms. The molecule has 1 N–H and O–H groups in total. The molecule has 29 heavy (non-hydrogen) atoms. The Hall–Kier alpha value is -3.39. The largest absolute Gasteiger partial charge is 0.497 e. The van der Waals surface area contributed by atoms with Crippen LogP contribution in [0.2, 0.25) is 0 Å². The highest BCUT2D eigenvalue weighted by Gasteiger charge is 2.34. The normalized spacial score (nSPS) is 15.3. The third kappa shape index (κ3) is 4.22. The highest BCUT2D eigenvalue weighted by atomic mass is 32.1. The van der Waals surface area contributed by atoms with Crippen molar-refractivity contribution in [3.8, 4) is 17.2 Å². The summed E-state index contributed by atoms with van der Waals surface area (Å²) >= 11 is 5.23. The monoisotopic (exact) mass is 412 g/mol.